The van der Waals surface area contributed by atoms with Crippen molar-refractivity contribution in [3.8, 4) is 0 Å². The van der Waals surface area contributed by atoms with Crippen molar-refractivity contribution in [2.45, 2.75) is 58.3 Å². The highest BCUT2D eigenvalue weighted by Gasteiger charge is 2.21. The Morgan fingerprint density at radius 2 is 1.39 bits per heavy atom. The first-order chi connectivity index (χ1) is 8.40. The molecular weight excluding hydrogens is 248 g/mol. The molecule has 0 spiro atoms. The fourth-order valence-electron chi connectivity index (χ4n) is 2.66. The zero-order chi connectivity index (χ0) is 13.9. The molecule has 4 heteroatoms. The molecule has 102 valence electrons. The van der Waals surface area contributed by atoms with E-state index in [4.69, 9.17) is 0 Å². The van der Waals surface area contributed by atoms with Crippen molar-refractivity contribution in [2.75, 3.05) is 0 Å². The molecule has 0 atom stereocenters. The van der Waals surface area contributed by atoms with Crippen LogP contribution in [0.25, 0.3) is 0 Å². The maximum Gasteiger partial charge on any atom is 0.294 e. The minimum atomic E-state index is -4.14. The molecule has 0 aliphatic rings. The van der Waals surface area contributed by atoms with Gasteiger partial charge in [0.1, 0.15) is 0 Å². The molecule has 1 aromatic rings. The van der Waals surface area contributed by atoms with Gasteiger partial charge >= 0.3 is 0 Å². The van der Waals surface area contributed by atoms with E-state index < -0.39 is 10.1 Å². The Kier molecular flexibility index (Phi) is 4.93. The third kappa shape index (κ3) is 2.75. The van der Waals surface area contributed by atoms with E-state index in [1.54, 1.807) is 6.07 Å². The topological polar surface area (TPSA) is 54.4 Å². The average Bonchev–Trinajstić information content (AvgIpc) is 2.34. The molecule has 0 unspecified atom stereocenters. The molecule has 1 rings (SSSR count). The summed E-state index contributed by atoms with van der Waals surface area (Å²) in [7, 11) is -4.14. The molecule has 0 saturated carbocycles. The highest BCUT2D eigenvalue weighted by molar-refractivity contribution is 7.85. The monoisotopic (exact) mass is 270 g/mol. The molecule has 1 N–H and O–H groups in total. The number of benzene rings is 1. The zero-order valence-electron chi connectivity index (χ0n) is 11.6. The standard InChI is InChI=1S/C14H22O3S/c1-5-10-9-14(18(15,16)17)13(8-4)12(7-3)11(10)6-2/h9H,5-8H2,1-4H3,(H,15,16,17). The first-order valence-electron chi connectivity index (χ1n) is 6.54. The van der Waals surface area contributed by atoms with Gasteiger partial charge in [-0.15, -0.1) is 0 Å². The van der Waals surface area contributed by atoms with Gasteiger partial charge in [-0.05, 0) is 54.0 Å². The lowest BCUT2D eigenvalue weighted by Gasteiger charge is -2.18. The van der Waals surface area contributed by atoms with Crippen molar-refractivity contribution in [1.29, 1.82) is 0 Å². The molecule has 0 heterocycles. The van der Waals surface area contributed by atoms with Crippen molar-refractivity contribution in [1.82, 2.24) is 0 Å². The number of rotatable bonds is 5. The van der Waals surface area contributed by atoms with Crippen LogP contribution in [0.1, 0.15) is 49.9 Å². The lowest BCUT2D eigenvalue weighted by atomic mass is 9.90. The molecule has 1 aromatic carbocycles. The van der Waals surface area contributed by atoms with Gasteiger partial charge in [0.05, 0.1) is 4.90 Å². The molecule has 0 aromatic heterocycles. The summed E-state index contributed by atoms with van der Waals surface area (Å²) >= 11 is 0. The van der Waals surface area contributed by atoms with Gasteiger partial charge in [-0.3, -0.25) is 4.55 Å². The van der Waals surface area contributed by atoms with Crippen molar-refractivity contribution in [3.05, 3.63) is 28.3 Å². The van der Waals surface area contributed by atoms with E-state index in [2.05, 4.69) is 6.92 Å². The van der Waals surface area contributed by atoms with Crippen LogP contribution in [0.3, 0.4) is 0 Å². The van der Waals surface area contributed by atoms with Crippen molar-refractivity contribution in [3.63, 3.8) is 0 Å². The van der Waals surface area contributed by atoms with Gasteiger partial charge in [0, 0.05) is 0 Å². The van der Waals surface area contributed by atoms with Crippen LogP contribution in [-0.2, 0) is 35.8 Å². The zero-order valence-corrected chi connectivity index (χ0v) is 12.4. The van der Waals surface area contributed by atoms with Crippen molar-refractivity contribution >= 4 is 10.1 Å². The molecule has 0 aliphatic heterocycles. The first-order valence-corrected chi connectivity index (χ1v) is 7.98. The summed E-state index contributed by atoms with van der Waals surface area (Å²) in [5, 5.41) is 0. The molecule has 0 amide bonds. The Bertz CT molecular complexity index is 530. The van der Waals surface area contributed by atoms with Crippen LogP contribution in [0.4, 0.5) is 0 Å². The number of hydrogen-bond acceptors (Lipinski definition) is 2. The quantitative estimate of drug-likeness (QED) is 0.836. The van der Waals surface area contributed by atoms with Gasteiger partial charge in [-0.2, -0.15) is 8.42 Å². The summed E-state index contributed by atoms with van der Waals surface area (Å²) in [6.45, 7) is 8.04. The Morgan fingerprint density at radius 1 is 0.889 bits per heavy atom. The summed E-state index contributed by atoms with van der Waals surface area (Å²) in [4.78, 5) is 0.0934. The molecule has 0 saturated heterocycles. The van der Waals surface area contributed by atoms with E-state index in [0.29, 0.717) is 6.42 Å². The van der Waals surface area contributed by atoms with E-state index in [0.717, 1.165) is 36.0 Å². The highest BCUT2D eigenvalue weighted by Crippen LogP contribution is 2.28. The Balaban J connectivity index is 3.75. The highest BCUT2D eigenvalue weighted by atomic mass is 32.2. The summed E-state index contributed by atoms with van der Waals surface area (Å²) in [6.07, 6.45) is 3.09. The number of aryl methyl sites for hydroxylation is 1. The van der Waals surface area contributed by atoms with Gasteiger partial charge in [-0.1, -0.05) is 27.7 Å². The van der Waals surface area contributed by atoms with Crippen LogP contribution < -0.4 is 0 Å². The SMILES string of the molecule is CCc1cc(S(=O)(=O)O)c(CC)c(CC)c1CC. The smallest absolute Gasteiger partial charge is 0.282 e. The summed E-state index contributed by atoms with van der Waals surface area (Å²) in [5.41, 5.74) is 4.13. The Hall–Kier alpha value is -0.870. The second-order valence-electron chi connectivity index (χ2n) is 4.36. The molecule has 0 radical (unpaired) electrons. The van der Waals surface area contributed by atoms with Gasteiger partial charge in [0.15, 0.2) is 0 Å². The second-order valence-corrected chi connectivity index (χ2v) is 5.75. The fourth-order valence-corrected chi connectivity index (χ4v) is 3.53. The first kappa shape index (κ1) is 15.2. The van der Waals surface area contributed by atoms with E-state index >= 15 is 0 Å². The van der Waals surface area contributed by atoms with Crippen LogP contribution in [0.2, 0.25) is 0 Å². The summed E-state index contributed by atoms with van der Waals surface area (Å²) < 4.78 is 32.4. The van der Waals surface area contributed by atoms with Crippen LogP contribution in [-0.4, -0.2) is 13.0 Å². The molecule has 18 heavy (non-hydrogen) atoms. The Labute approximate surface area is 110 Å². The normalized spacial score (nSPS) is 11.8. The van der Waals surface area contributed by atoms with Gasteiger partial charge in [0.2, 0.25) is 0 Å². The molecule has 0 aliphatic carbocycles. The van der Waals surface area contributed by atoms with E-state index in [-0.39, 0.29) is 4.90 Å². The maximum atomic E-state index is 11.5. The predicted octanol–water partition coefficient (Wildman–Crippen LogP) is 3.18. The Morgan fingerprint density at radius 3 is 1.72 bits per heavy atom. The lowest BCUT2D eigenvalue weighted by molar-refractivity contribution is 0.481. The minimum absolute atomic E-state index is 0.0934. The van der Waals surface area contributed by atoms with Crippen LogP contribution in [0, 0.1) is 0 Å². The largest absolute Gasteiger partial charge is 0.294 e. The molecular formula is C14H22O3S. The van der Waals surface area contributed by atoms with Gasteiger partial charge < -0.3 is 0 Å². The summed E-state index contributed by atoms with van der Waals surface area (Å²) in [5.74, 6) is 0. The van der Waals surface area contributed by atoms with Gasteiger partial charge in [0.25, 0.3) is 10.1 Å². The third-order valence-corrected chi connectivity index (χ3v) is 4.36. The van der Waals surface area contributed by atoms with E-state index in [1.165, 1.54) is 5.56 Å². The maximum absolute atomic E-state index is 11.5. The van der Waals surface area contributed by atoms with Crippen LogP contribution >= 0.6 is 0 Å². The number of hydrogen-bond donors (Lipinski definition) is 1. The summed E-state index contributed by atoms with van der Waals surface area (Å²) in [6, 6.07) is 1.64. The van der Waals surface area contributed by atoms with E-state index in [9.17, 15) is 13.0 Å². The minimum Gasteiger partial charge on any atom is -0.282 e. The van der Waals surface area contributed by atoms with Crippen LogP contribution in [0.5, 0.6) is 0 Å². The van der Waals surface area contributed by atoms with Crippen molar-refractivity contribution < 1.29 is 13.0 Å². The van der Waals surface area contributed by atoms with Gasteiger partial charge in [-0.25, -0.2) is 0 Å². The predicted molar refractivity (Wildman–Crippen MR) is 73.8 cm³/mol. The van der Waals surface area contributed by atoms with Crippen molar-refractivity contribution in [2.24, 2.45) is 0 Å². The lowest BCUT2D eigenvalue weighted by Crippen LogP contribution is -2.10. The molecule has 0 fully saturated rings. The average molecular weight is 270 g/mol. The second kappa shape index (κ2) is 5.85. The molecule has 0 bridgehead atoms. The third-order valence-electron chi connectivity index (χ3n) is 3.44. The van der Waals surface area contributed by atoms with Crippen LogP contribution in [0.15, 0.2) is 11.0 Å². The van der Waals surface area contributed by atoms with E-state index in [1.807, 2.05) is 20.8 Å². The molecule has 3 nitrogen and oxygen atoms in total. The fraction of sp³-hybridized carbons (Fsp3) is 0.571.